The summed E-state index contributed by atoms with van der Waals surface area (Å²) in [4.78, 5) is 0. The van der Waals surface area contributed by atoms with Crippen molar-refractivity contribution in [3.8, 4) is 17.2 Å². The van der Waals surface area contributed by atoms with E-state index in [1.807, 2.05) is 6.92 Å². The van der Waals surface area contributed by atoms with Gasteiger partial charge >= 0.3 is 0 Å². The molecule has 5 heteroatoms. The van der Waals surface area contributed by atoms with Crippen molar-refractivity contribution in [1.29, 1.82) is 0 Å². The molecule has 112 valence electrons. The zero-order valence-electron chi connectivity index (χ0n) is 11.9. The highest BCUT2D eigenvalue weighted by molar-refractivity contribution is 6.37. The molecule has 0 aliphatic carbocycles. The average Bonchev–Trinajstić information content (AvgIpc) is 2.43. The standard InChI is InChI=1S/C16H17Cl2NO2/c1-3-9(2)12-8-11(4-5-15(12)20)21-16-13(17)6-10(19)7-14(16)18/h4-9,20H,3,19H2,1-2H3. The highest BCUT2D eigenvalue weighted by Gasteiger charge is 2.13. The number of phenols is 1. The lowest BCUT2D eigenvalue weighted by atomic mass is 9.97. The Hall–Kier alpha value is -1.58. The third kappa shape index (κ3) is 3.55. The van der Waals surface area contributed by atoms with Crippen molar-refractivity contribution < 1.29 is 9.84 Å². The Morgan fingerprint density at radius 2 is 1.81 bits per heavy atom. The van der Waals surface area contributed by atoms with Crippen LogP contribution in [-0.4, -0.2) is 5.11 Å². The Morgan fingerprint density at radius 1 is 1.19 bits per heavy atom. The van der Waals surface area contributed by atoms with Crippen molar-refractivity contribution in [2.45, 2.75) is 26.2 Å². The van der Waals surface area contributed by atoms with E-state index in [0.717, 1.165) is 12.0 Å². The first kappa shape index (κ1) is 15.8. The molecular weight excluding hydrogens is 309 g/mol. The van der Waals surface area contributed by atoms with Gasteiger partial charge in [0.05, 0.1) is 10.0 Å². The first-order valence-electron chi connectivity index (χ1n) is 6.67. The van der Waals surface area contributed by atoms with Crippen LogP contribution in [0, 0.1) is 0 Å². The quantitative estimate of drug-likeness (QED) is 0.720. The number of phenolic OH excluding ortho intramolecular Hbond substituents is 1. The zero-order valence-corrected chi connectivity index (χ0v) is 13.4. The number of anilines is 1. The fourth-order valence-electron chi connectivity index (χ4n) is 2.01. The number of nitrogen functional groups attached to an aromatic ring is 1. The number of benzene rings is 2. The van der Waals surface area contributed by atoms with Crippen molar-refractivity contribution in [3.63, 3.8) is 0 Å². The van der Waals surface area contributed by atoms with Gasteiger partial charge in [-0.05, 0) is 42.7 Å². The molecule has 2 aromatic rings. The summed E-state index contributed by atoms with van der Waals surface area (Å²) in [6.07, 6.45) is 0.917. The van der Waals surface area contributed by atoms with Gasteiger partial charge in [-0.2, -0.15) is 0 Å². The molecule has 0 saturated heterocycles. The summed E-state index contributed by atoms with van der Waals surface area (Å²) in [5.41, 5.74) is 6.97. The van der Waals surface area contributed by atoms with E-state index in [1.54, 1.807) is 30.3 Å². The molecule has 0 fully saturated rings. The van der Waals surface area contributed by atoms with Crippen molar-refractivity contribution >= 4 is 28.9 Å². The minimum Gasteiger partial charge on any atom is -0.508 e. The molecule has 0 amide bonds. The molecule has 0 aromatic heterocycles. The van der Waals surface area contributed by atoms with Crippen molar-refractivity contribution in [3.05, 3.63) is 45.9 Å². The maximum Gasteiger partial charge on any atom is 0.164 e. The summed E-state index contributed by atoms with van der Waals surface area (Å²) in [5, 5.41) is 10.6. The zero-order chi connectivity index (χ0) is 15.6. The molecule has 1 unspecified atom stereocenters. The van der Waals surface area contributed by atoms with Crippen LogP contribution in [0.25, 0.3) is 0 Å². The van der Waals surface area contributed by atoms with Crippen LogP contribution in [0.5, 0.6) is 17.2 Å². The van der Waals surface area contributed by atoms with Crippen molar-refractivity contribution in [2.75, 3.05) is 5.73 Å². The molecule has 3 N–H and O–H groups in total. The maximum atomic E-state index is 9.92. The fourth-order valence-corrected chi connectivity index (χ4v) is 2.59. The minimum atomic E-state index is 0.228. The normalized spacial score (nSPS) is 12.2. The molecule has 0 spiro atoms. The summed E-state index contributed by atoms with van der Waals surface area (Å²) >= 11 is 12.2. The number of hydrogen-bond donors (Lipinski definition) is 2. The third-order valence-corrected chi connectivity index (χ3v) is 3.94. The molecular formula is C16H17Cl2NO2. The summed E-state index contributed by atoms with van der Waals surface area (Å²) in [5.74, 6) is 1.40. The lowest BCUT2D eigenvalue weighted by Crippen LogP contribution is -1.94. The largest absolute Gasteiger partial charge is 0.508 e. The minimum absolute atomic E-state index is 0.228. The van der Waals surface area contributed by atoms with E-state index >= 15 is 0 Å². The Bertz CT molecular complexity index is 636. The van der Waals surface area contributed by atoms with Gasteiger partial charge in [0.15, 0.2) is 5.75 Å². The van der Waals surface area contributed by atoms with E-state index in [0.29, 0.717) is 27.2 Å². The molecule has 0 aliphatic rings. The molecule has 1 atom stereocenters. The molecule has 0 aliphatic heterocycles. The Labute approximate surface area is 134 Å². The Balaban J connectivity index is 2.37. The molecule has 2 aromatic carbocycles. The Kier molecular flexibility index (Phi) is 4.86. The van der Waals surface area contributed by atoms with Gasteiger partial charge in [-0.15, -0.1) is 0 Å². The smallest absolute Gasteiger partial charge is 0.164 e. The lowest BCUT2D eigenvalue weighted by molar-refractivity contribution is 0.452. The monoisotopic (exact) mass is 325 g/mol. The topological polar surface area (TPSA) is 55.5 Å². The first-order chi connectivity index (χ1) is 9.92. The predicted octanol–water partition coefficient (Wildman–Crippen LogP) is 5.59. The molecule has 0 radical (unpaired) electrons. The number of nitrogens with two attached hydrogens (primary N) is 1. The van der Waals surface area contributed by atoms with Gasteiger partial charge < -0.3 is 15.6 Å². The summed E-state index contributed by atoms with van der Waals surface area (Å²) in [6, 6.07) is 8.24. The molecule has 0 heterocycles. The number of rotatable bonds is 4. The van der Waals surface area contributed by atoms with Gasteiger partial charge in [0.1, 0.15) is 11.5 Å². The third-order valence-electron chi connectivity index (χ3n) is 3.38. The first-order valence-corrected chi connectivity index (χ1v) is 7.43. The Morgan fingerprint density at radius 3 is 2.38 bits per heavy atom. The van der Waals surface area contributed by atoms with Crippen LogP contribution in [0.15, 0.2) is 30.3 Å². The molecule has 0 bridgehead atoms. The number of halogens is 2. The van der Waals surface area contributed by atoms with Crippen LogP contribution >= 0.6 is 23.2 Å². The molecule has 3 nitrogen and oxygen atoms in total. The van der Waals surface area contributed by atoms with Gasteiger partial charge in [-0.3, -0.25) is 0 Å². The fraction of sp³-hybridized carbons (Fsp3) is 0.250. The number of hydrogen-bond acceptors (Lipinski definition) is 3. The van der Waals surface area contributed by atoms with Crippen molar-refractivity contribution in [1.82, 2.24) is 0 Å². The second-order valence-electron chi connectivity index (χ2n) is 4.95. The second kappa shape index (κ2) is 6.46. The van der Waals surface area contributed by atoms with Gasteiger partial charge in [0, 0.05) is 11.3 Å². The van der Waals surface area contributed by atoms with E-state index in [2.05, 4.69) is 6.92 Å². The van der Waals surface area contributed by atoms with E-state index in [4.69, 9.17) is 33.7 Å². The summed E-state index contributed by atoms with van der Waals surface area (Å²) in [6.45, 7) is 4.10. The van der Waals surface area contributed by atoms with Gasteiger partial charge in [0.2, 0.25) is 0 Å². The number of ether oxygens (including phenoxy) is 1. The van der Waals surface area contributed by atoms with E-state index in [9.17, 15) is 5.11 Å². The average molecular weight is 326 g/mol. The summed E-state index contributed by atoms with van der Waals surface area (Å²) < 4.78 is 5.75. The maximum absolute atomic E-state index is 9.92. The van der Waals surface area contributed by atoms with Crippen LogP contribution < -0.4 is 10.5 Å². The van der Waals surface area contributed by atoms with Crippen LogP contribution in [-0.2, 0) is 0 Å². The van der Waals surface area contributed by atoms with E-state index in [1.165, 1.54) is 0 Å². The van der Waals surface area contributed by atoms with Crippen LogP contribution in [0.2, 0.25) is 10.0 Å². The SMILES string of the molecule is CCC(C)c1cc(Oc2c(Cl)cc(N)cc2Cl)ccc1O. The highest BCUT2D eigenvalue weighted by atomic mass is 35.5. The van der Waals surface area contributed by atoms with Gasteiger partial charge in [-0.25, -0.2) is 0 Å². The second-order valence-corrected chi connectivity index (χ2v) is 5.76. The lowest BCUT2D eigenvalue weighted by Gasteiger charge is -2.15. The van der Waals surface area contributed by atoms with Crippen molar-refractivity contribution in [2.24, 2.45) is 0 Å². The molecule has 2 rings (SSSR count). The van der Waals surface area contributed by atoms with Crippen LogP contribution in [0.3, 0.4) is 0 Å². The molecule has 0 saturated carbocycles. The van der Waals surface area contributed by atoms with E-state index in [-0.39, 0.29) is 11.7 Å². The van der Waals surface area contributed by atoms with E-state index < -0.39 is 0 Å². The van der Waals surface area contributed by atoms with Gasteiger partial charge in [-0.1, -0.05) is 37.0 Å². The van der Waals surface area contributed by atoms with Crippen LogP contribution in [0.4, 0.5) is 5.69 Å². The molecule has 21 heavy (non-hydrogen) atoms. The predicted molar refractivity (Wildman–Crippen MR) is 87.8 cm³/mol. The van der Waals surface area contributed by atoms with Crippen LogP contribution in [0.1, 0.15) is 31.7 Å². The van der Waals surface area contributed by atoms with Gasteiger partial charge in [0.25, 0.3) is 0 Å². The summed E-state index contributed by atoms with van der Waals surface area (Å²) in [7, 11) is 0. The number of aromatic hydroxyl groups is 1. The highest BCUT2D eigenvalue weighted by Crippen LogP contribution is 2.39.